The molecule has 0 heterocycles. The second kappa shape index (κ2) is 48.1. The lowest BCUT2D eigenvalue weighted by atomic mass is 9.99. The number of phosphoric ester groups is 1. The maximum atomic E-state index is 13.0. The van der Waals surface area contributed by atoms with Gasteiger partial charge in [0.15, 0.2) is 0 Å². The Morgan fingerprint density at radius 2 is 0.940 bits per heavy atom. The van der Waals surface area contributed by atoms with Gasteiger partial charge in [-0.05, 0) is 51.4 Å². The number of likely N-dealkylation sites (N-methyl/N-ethyl adjacent to an activating group) is 1. The van der Waals surface area contributed by atoms with Crippen molar-refractivity contribution in [1.29, 1.82) is 0 Å². The molecule has 0 spiro atoms. The van der Waals surface area contributed by atoms with Gasteiger partial charge in [-0.15, -0.1) is 0 Å². The molecule has 0 aromatic carbocycles. The highest BCUT2D eigenvalue weighted by atomic mass is 31.2. The zero-order chi connectivity index (χ0) is 49.4. The number of nitrogens with one attached hydrogen (secondary N) is 1. The lowest BCUT2D eigenvalue weighted by Gasteiger charge is -2.31. The number of rotatable bonds is 51. The molecule has 0 aromatic heterocycles. The van der Waals surface area contributed by atoms with Crippen LogP contribution in [-0.2, 0) is 18.4 Å². The van der Waals surface area contributed by atoms with E-state index in [1.54, 1.807) is 0 Å². The summed E-state index contributed by atoms with van der Waals surface area (Å²) >= 11 is 0. The molecule has 3 N–H and O–H groups in total. The third-order valence-corrected chi connectivity index (χ3v) is 13.6. The van der Waals surface area contributed by atoms with Gasteiger partial charge >= 0.3 is 0 Å². The molecule has 0 saturated carbocycles. The minimum absolute atomic E-state index is 0.0401. The molecule has 0 saturated heterocycles. The number of carbonyl (C=O) groups excluding carboxylic acids is 1. The Morgan fingerprint density at radius 3 is 1.37 bits per heavy atom. The van der Waals surface area contributed by atoms with Crippen LogP contribution in [0.3, 0.4) is 0 Å². The summed E-state index contributed by atoms with van der Waals surface area (Å²) in [5.41, 5.74) is 0. The number of unbranched alkanes of at least 4 members (excludes halogenated alkanes) is 29. The summed E-state index contributed by atoms with van der Waals surface area (Å²) in [6.45, 7) is 4.34. The molecule has 0 aliphatic rings. The monoisotopic (exact) mass is 965 g/mol. The second-order valence-electron chi connectivity index (χ2n) is 20.4. The molecule has 67 heavy (non-hydrogen) atoms. The number of aliphatic hydroxyl groups is 2. The van der Waals surface area contributed by atoms with Crippen LogP contribution in [0.1, 0.15) is 251 Å². The average Bonchev–Trinajstić information content (AvgIpc) is 3.29. The fourth-order valence-electron chi connectivity index (χ4n) is 8.25. The predicted octanol–water partition coefficient (Wildman–Crippen LogP) is 15.1. The lowest BCUT2D eigenvalue weighted by molar-refractivity contribution is -0.870. The molecule has 394 valence electrons. The van der Waals surface area contributed by atoms with E-state index in [1.807, 2.05) is 21.1 Å². The molecular weight excluding hydrogens is 856 g/mol. The summed E-state index contributed by atoms with van der Waals surface area (Å²) < 4.78 is 23.2. The number of allylic oxidation sites excluding steroid dienone is 8. The number of amides is 1. The summed E-state index contributed by atoms with van der Waals surface area (Å²) in [7, 11) is 1.13. The van der Waals surface area contributed by atoms with Crippen LogP contribution in [0.25, 0.3) is 0 Å². The van der Waals surface area contributed by atoms with Crippen LogP contribution >= 0.6 is 7.82 Å². The zero-order valence-corrected chi connectivity index (χ0v) is 45.4. The van der Waals surface area contributed by atoms with Crippen molar-refractivity contribution in [3.05, 3.63) is 48.6 Å². The van der Waals surface area contributed by atoms with E-state index in [0.717, 1.165) is 64.2 Å². The SMILES string of the molecule is CC/C=C\C/C=C\C/C=C\C/C=C\CCCCCCCCCCCCCCCCCCCCC(=O)NC(COP(=O)([O-])OCC[N+](C)(C)C)C(O)C(O)CCCCCCCCCCCCCC. The van der Waals surface area contributed by atoms with E-state index >= 15 is 0 Å². The van der Waals surface area contributed by atoms with Gasteiger partial charge in [0.05, 0.1) is 39.9 Å². The number of phosphoric acid groups is 1. The molecule has 4 atom stereocenters. The molecule has 0 bridgehead atoms. The van der Waals surface area contributed by atoms with Gasteiger partial charge < -0.3 is 34.0 Å². The molecule has 0 fully saturated rings. The van der Waals surface area contributed by atoms with Crippen LogP contribution in [0.15, 0.2) is 48.6 Å². The van der Waals surface area contributed by atoms with Crippen molar-refractivity contribution in [2.24, 2.45) is 0 Å². The van der Waals surface area contributed by atoms with Crippen LogP contribution in [0, 0.1) is 0 Å². The first-order valence-electron chi connectivity index (χ1n) is 28.1. The van der Waals surface area contributed by atoms with Crippen molar-refractivity contribution in [3.63, 3.8) is 0 Å². The Bertz CT molecular complexity index is 1250. The highest BCUT2D eigenvalue weighted by Crippen LogP contribution is 2.38. The van der Waals surface area contributed by atoms with E-state index in [0.29, 0.717) is 17.4 Å². The van der Waals surface area contributed by atoms with Gasteiger partial charge in [-0.3, -0.25) is 9.36 Å². The van der Waals surface area contributed by atoms with Crippen molar-refractivity contribution >= 4 is 13.7 Å². The van der Waals surface area contributed by atoms with E-state index in [9.17, 15) is 24.5 Å². The van der Waals surface area contributed by atoms with Crippen molar-refractivity contribution in [2.45, 2.75) is 270 Å². The maximum absolute atomic E-state index is 13.0. The van der Waals surface area contributed by atoms with Gasteiger partial charge in [-0.1, -0.05) is 242 Å². The molecular formula is C57H109N2O7P. The first-order valence-corrected chi connectivity index (χ1v) is 29.5. The number of carbonyl (C=O) groups is 1. The van der Waals surface area contributed by atoms with Crippen molar-refractivity contribution < 1.29 is 38.0 Å². The molecule has 0 rings (SSSR count). The standard InChI is InChI=1S/C57H109N2O7P/c1-6-8-10-12-14-16-18-20-21-22-23-24-25-26-27-28-29-30-31-32-33-34-35-36-37-38-40-42-44-46-48-50-56(61)58-54(53-66-67(63,64)65-52-51-59(3,4)5)57(62)55(60)49-47-45-43-41-39-19-17-15-13-11-9-7-2/h8,10,14,16,20-21,23-24,54-55,57,60,62H,6-7,9,11-13,15,17-19,22,25-53H2,1-5H3,(H-,58,61,63,64)/b10-8-,16-14-,21-20-,24-23-. The molecule has 1 amide bonds. The van der Waals surface area contributed by atoms with Crippen LogP contribution < -0.4 is 10.2 Å². The molecule has 10 heteroatoms. The lowest BCUT2D eigenvalue weighted by Crippen LogP contribution is -2.51. The van der Waals surface area contributed by atoms with Crippen LogP contribution in [0.2, 0.25) is 0 Å². The molecule has 0 radical (unpaired) electrons. The highest BCUT2D eigenvalue weighted by Gasteiger charge is 2.29. The van der Waals surface area contributed by atoms with Gasteiger partial charge in [0.2, 0.25) is 5.91 Å². The second-order valence-corrected chi connectivity index (χ2v) is 21.8. The van der Waals surface area contributed by atoms with E-state index in [2.05, 4.69) is 67.8 Å². The molecule has 4 unspecified atom stereocenters. The highest BCUT2D eigenvalue weighted by molar-refractivity contribution is 7.45. The number of aliphatic hydroxyl groups excluding tert-OH is 2. The fraction of sp³-hybridized carbons (Fsp3) is 0.842. The number of quaternary nitrogens is 1. The van der Waals surface area contributed by atoms with E-state index in [-0.39, 0.29) is 18.9 Å². The smallest absolute Gasteiger partial charge is 0.268 e. The van der Waals surface area contributed by atoms with E-state index in [4.69, 9.17) is 9.05 Å². The third kappa shape index (κ3) is 49.2. The normalized spacial score (nSPS) is 14.8. The third-order valence-electron chi connectivity index (χ3n) is 12.7. The van der Waals surface area contributed by atoms with E-state index in [1.165, 1.54) is 161 Å². The molecule has 9 nitrogen and oxygen atoms in total. The van der Waals surface area contributed by atoms with Gasteiger partial charge in [0.25, 0.3) is 7.82 Å². The largest absolute Gasteiger partial charge is 0.756 e. The van der Waals surface area contributed by atoms with Crippen molar-refractivity contribution in [1.82, 2.24) is 5.32 Å². The first-order chi connectivity index (χ1) is 32.4. The zero-order valence-electron chi connectivity index (χ0n) is 44.5. The van der Waals surface area contributed by atoms with Crippen LogP contribution in [-0.4, -0.2) is 79.8 Å². The van der Waals surface area contributed by atoms with Gasteiger partial charge in [-0.2, -0.15) is 0 Å². The molecule has 0 aromatic rings. The topological polar surface area (TPSA) is 128 Å². The minimum atomic E-state index is -4.67. The van der Waals surface area contributed by atoms with Crippen LogP contribution in [0.4, 0.5) is 0 Å². The maximum Gasteiger partial charge on any atom is 0.268 e. The minimum Gasteiger partial charge on any atom is -0.756 e. The summed E-state index contributed by atoms with van der Waals surface area (Å²) in [6, 6.07) is -1.07. The Balaban J connectivity index is 4.11. The molecule has 0 aliphatic carbocycles. The quantitative estimate of drug-likeness (QED) is 0.0240. The fourth-order valence-corrected chi connectivity index (χ4v) is 8.97. The Labute approximate surface area is 414 Å². The Morgan fingerprint density at radius 1 is 0.552 bits per heavy atom. The Kier molecular flexibility index (Phi) is 46.9. The predicted molar refractivity (Wildman–Crippen MR) is 285 cm³/mol. The first kappa shape index (κ1) is 65.4. The summed E-state index contributed by atoms with van der Waals surface area (Å²) in [5.74, 6) is -0.277. The van der Waals surface area contributed by atoms with Gasteiger partial charge in [-0.25, -0.2) is 0 Å². The number of hydrogen-bond acceptors (Lipinski definition) is 7. The summed E-state index contributed by atoms with van der Waals surface area (Å²) in [6.07, 6.45) is 58.9. The van der Waals surface area contributed by atoms with Gasteiger partial charge in [0.1, 0.15) is 19.3 Å². The number of nitrogens with zero attached hydrogens (tertiary/aromatic N) is 1. The molecule has 0 aliphatic heterocycles. The summed E-state index contributed by atoms with van der Waals surface area (Å²) in [4.78, 5) is 25.5. The average molecular weight is 965 g/mol. The van der Waals surface area contributed by atoms with Crippen molar-refractivity contribution in [3.8, 4) is 0 Å². The summed E-state index contributed by atoms with van der Waals surface area (Å²) in [5, 5.41) is 24.7. The van der Waals surface area contributed by atoms with Crippen LogP contribution in [0.5, 0.6) is 0 Å². The van der Waals surface area contributed by atoms with Gasteiger partial charge in [0, 0.05) is 6.42 Å². The Hall–Kier alpha value is -1.58. The van der Waals surface area contributed by atoms with E-state index < -0.39 is 32.7 Å². The number of hydrogen-bond donors (Lipinski definition) is 3. The van der Waals surface area contributed by atoms with Crippen molar-refractivity contribution in [2.75, 3.05) is 40.9 Å².